The second kappa shape index (κ2) is 8.25. The highest BCUT2D eigenvalue weighted by molar-refractivity contribution is 7.46. The molecule has 0 spiro atoms. The van der Waals surface area contributed by atoms with Gasteiger partial charge in [0.05, 0.1) is 12.2 Å². The third kappa shape index (κ3) is 4.77. The Hall–Kier alpha value is -0.940. The minimum absolute atomic E-state index is 0.0114. The molecule has 1 aliphatic carbocycles. The van der Waals surface area contributed by atoms with Crippen molar-refractivity contribution in [2.75, 3.05) is 6.16 Å². The van der Waals surface area contributed by atoms with Gasteiger partial charge in [0.25, 0.3) is 0 Å². The Balaban J connectivity index is 2.15. The number of nitriles is 1. The summed E-state index contributed by atoms with van der Waals surface area (Å²) in [5.41, 5.74) is 1.34. The van der Waals surface area contributed by atoms with E-state index in [-0.39, 0.29) is 11.5 Å². The highest BCUT2D eigenvalue weighted by Gasteiger charge is 2.41. The van der Waals surface area contributed by atoms with Crippen molar-refractivity contribution in [2.24, 2.45) is 11.8 Å². The first kappa shape index (κ1) is 18.4. The molecule has 3 nitrogen and oxygen atoms in total. The van der Waals surface area contributed by atoms with Crippen LogP contribution in [0.25, 0.3) is 0 Å². The van der Waals surface area contributed by atoms with Crippen LogP contribution in [0.15, 0.2) is 30.3 Å². The van der Waals surface area contributed by atoms with Crippen LogP contribution in [-0.4, -0.2) is 17.2 Å². The maximum Gasteiger partial charge on any atom is 0.169 e. The van der Waals surface area contributed by atoms with Gasteiger partial charge in [-0.25, -0.2) is 0 Å². The standard InChI is InChI=1S/C19H28NO2P/c1-15-10-11-17(18(14-15)22-23(21)13-7-12-20)19(2,3)16-8-5-4-6-9-16/h4-6,8-9,15,17-18,21H,7,10-11,13-14H2,1-3H3/t15-,17-,18-,23?/m1/s1. The molecule has 2 rings (SSSR count). The summed E-state index contributed by atoms with van der Waals surface area (Å²) in [5.74, 6) is 1.02. The van der Waals surface area contributed by atoms with Crippen molar-refractivity contribution >= 4 is 8.38 Å². The van der Waals surface area contributed by atoms with Crippen LogP contribution >= 0.6 is 8.38 Å². The molecule has 1 N–H and O–H groups in total. The SMILES string of the molecule is C[C@@H]1CC[C@@H](C(C)(C)c2ccccc2)[C@H](OP(O)CCC#N)C1. The van der Waals surface area contributed by atoms with Gasteiger partial charge in [-0.15, -0.1) is 0 Å². The summed E-state index contributed by atoms with van der Waals surface area (Å²) < 4.78 is 6.05. The van der Waals surface area contributed by atoms with Gasteiger partial charge in [-0.3, -0.25) is 0 Å². The molecule has 4 atom stereocenters. The maximum absolute atomic E-state index is 10.2. The fourth-order valence-corrected chi connectivity index (χ4v) is 4.65. The Kier molecular flexibility index (Phi) is 6.60. The van der Waals surface area contributed by atoms with Gasteiger partial charge in [0.2, 0.25) is 0 Å². The fraction of sp³-hybridized carbons (Fsp3) is 0.632. The molecule has 4 heteroatoms. The topological polar surface area (TPSA) is 53.2 Å². The lowest BCUT2D eigenvalue weighted by atomic mass is 9.64. The van der Waals surface area contributed by atoms with Gasteiger partial charge < -0.3 is 9.42 Å². The van der Waals surface area contributed by atoms with E-state index in [0.29, 0.717) is 24.4 Å². The fourth-order valence-electron chi connectivity index (χ4n) is 3.71. The largest absolute Gasteiger partial charge is 0.350 e. The summed E-state index contributed by atoms with van der Waals surface area (Å²) in [4.78, 5) is 10.2. The molecule has 0 radical (unpaired) electrons. The van der Waals surface area contributed by atoms with Crippen LogP contribution in [0.5, 0.6) is 0 Å². The summed E-state index contributed by atoms with van der Waals surface area (Å²) in [7, 11) is -1.49. The van der Waals surface area contributed by atoms with E-state index in [4.69, 9.17) is 9.79 Å². The summed E-state index contributed by atoms with van der Waals surface area (Å²) in [5, 5.41) is 8.69. The minimum atomic E-state index is -1.49. The number of rotatable bonds is 6. The Bertz CT molecular complexity index is 526. The van der Waals surface area contributed by atoms with Crippen molar-refractivity contribution in [2.45, 2.75) is 58.0 Å². The van der Waals surface area contributed by atoms with Crippen LogP contribution in [0.1, 0.15) is 52.0 Å². The Labute approximate surface area is 141 Å². The second-order valence-electron chi connectivity index (χ2n) is 7.24. The molecule has 1 aromatic rings. The molecule has 23 heavy (non-hydrogen) atoms. The molecular weight excluding hydrogens is 305 g/mol. The van der Waals surface area contributed by atoms with Crippen LogP contribution in [0.4, 0.5) is 0 Å². The lowest BCUT2D eigenvalue weighted by Crippen LogP contribution is -2.42. The summed E-state index contributed by atoms with van der Waals surface area (Å²) in [6.45, 7) is 6.83. The molecular formula is C19H28NO2P. The predicted octanol–water partition coefficient (Wildman–Crippen LogP) is 5.00. The molecule has 1 aromatic carbocycles. The van der Waals surface area contributed by atoms with Gasteiger partial charge >= 0.3 is 0 Å². The second-order valence-corrected chi connectivity index (χ2v) is 8.60. The molecule has 126 valence electrons. The Morgan fingerprint density at radius 3 is 2.65 bits per heavy atom. The minimum Gasteiger partial charge on any atom is -0.350 e. The smallest absolute Gasteiger partial charge is 0.169 e. The average Bonchev–Trinajstić information content (AvgIpc) is 2.53. The van der Waals surface area contributed by atoms with E-state index in [1.54, 1.807) is 0 Å². The number of nitrogens with zero attached hydrogens (tertiary/aromatic N) is 1. The zero-order valence-corrected chi connectivity index (χ0v) is 15.3. The Morgan fingerprint density at radius 2 is 2.00 bits per heavy atom. The summed E-state index contributed by atoms with van der Waals surface area (Å²) >= 11 is 0. The molecule has 0 aliphatic heterocycles. The van der Waals surface area contributed by atoms with Crippen LogP contribution in [0.2, 0.25) is 0 Å². The highest BCUT2D eigenvalue weighted by Crippen LogP contribution is 2.47. The van der Waals surface area contributed by atoms with Gasteiger partial charge in [0, 0.05) is 12.6 Å². The van der Waals surface area contributed by atoms with Gasteiger partial charge in [0.1, 0.15) is 0 Å². The zero-order chi connectivity index (χ0) is 16.9. The molecule has 0 bridgehead atoms. The molecule has 0 heterocycles. The van der Waals surface area contributed by atoms with E-state index in [1.807, 2.05) is 6.07 Å². The average molecular weight is 333 g/mol. The van der Waals surface area contributed by atoms with Crippen molar-refractivity contribution in [1.29, 1.82) is 5.26 Å². The van der Waals surface area contributed by atoms with Gasteiger partial charge in [0.15, 0.2) is 8.38 Å². The van der Waals surface area contributed by atoms with E-state index in [9.17, 15) is 4.89 Å². The number of hydrogen-bond acceptors (Lipinski definition) is 3. The molecule has 0 saturated heterocycles. The van der Waals surface area contributed by atoms with E-state index >= 15 is 0 Å². The third-order valence-electron chi connectivity index (χ3n) is 5.17. The van der Waals surface area contributed by atoms with Crippen molar-refractivity contribution in [3.63, 3.8) is 0 Å². The molecule has 1 saturated carbocycles. The molecule has 1 unspecified atom stereocenters. The van der Waals surface area contributed by atoms with E-state index < -0.39 is 8.38 Å². The van der Waals surface area contributed by atoms with E-state index in [2.05, 4.69) is 51.1 Å². The van der Waals surface area contributed by atoms with Gasteiger partial charge in [-0.2, -0.15) is 5.26 Å². The molecule has 1 aliphatic rings. The third-order valence-corrected chi connectivity index (χ3v) is 6.29. The van der Waals surface area contributed by atoms with Crippen molar-refractivity contribution in [3.8, 4) is 6.07 Å². The van der Waals surface area contributed by atoms with Crippen molar-refractivity contribution < 1.29 is 9.42 Å². The van der Waals surface area contributed by atoms with Crippen LogP contribution < -0.4 is 0 Å². The first-order valence-electron chi connectivity index (χ1n) is 8.50. The lowest BCUT2D eigenvalue weighted by molar-refractivity contribution is 0.0342. The molecule has 0 aromatic heterocycles. The first-order valence-corrected chi connectivity index (χ1v) is 9.90. The predicted molar refractivity (Wildman–Crippen MR) is 95.1 cm³/mol. The van der Waals surface area contributed by atoms with E-state index in [0.717, 1.165) is 12.8 Å². The quantitative estimate of drug-likeness (QED) is 0.745. The number of benzene rings is 1. The van der Waals surface area contributed by atoms with Gasteiger partial charge in [-0.05, 0) is 35.7 Å². The van der Waals surface area contributed by atoms with Crippen LogP contribution in [0.3, 0.4) is 0 Å². The molecule has 0 amide bonds. The van der Waals surface area contributed by atoms with Crippen molar-refractivity contribution in [1.82, 2.24) is 0 Å². The monoisotopic (exact) mass is 333 g/mol. The molecule has 1 fully saturated rings. The highest BCUT2D eigenvalue weighted by atomic mass is 31.2. The number of hydrogen-bond donors (Lipinski definition) is 1. The zero-order valence-electron chi connectivity index (χ0n) is 14.4. The Morgan fingerprint density at radius 1 is 1.30 bits per heavy atom. The summed E-state index contributed by atoms with van der Waals surface area (Å²) in [6.07, 6.45) is 4.21. The maximum atomic E-state index is 10.2. The van der Waals surface area contributed by atoms with Gasteiger partial charge in [-0.1, -0.05) is 57.5 Å². The van der Waals surface area contributed by atoms with Crippen LogP contribution in [0, 0.1) is 23.2 Å². The van der Waals surface area contributed by atoms with Crippen molar-refractivity contribution in [3.05, 3.63) is 35.9 Å². The van der Waals surface area contributed by atoms with E-state index in [1.165, 1.54) is 12.0 Å². The normalized spacial score (nSPS) is 26.5. The summed E-state index contributed by atoms with van der Waals surface area (Å²) in [6, 6.07) is 12.7. The lowest BCUT2D eigenvalue weighted by Gasteiger charge is -2.44. The first-order chi connectivity index (χ1) is 10.9. The van der Waals surface area contributed by atoms with Crippen LogP contribution in [-0.2, 0) is 9.94 Å².